The van der Waals surface area contributed by atoms with Crippen LogP contribution in [0.3, 0.4) is 0 Å². The normalized spacial score (nSPS) is 13.5. The van der Waals surface area contributed by atoms with Crippen LogP contribution in [0.1, 0.15) is 22.3 Å². The van der Waals surface area contributed by atoms with Crippen LogP contribution < -0.4 is 39.6 Å². The van der Waals surface area contributed by atoms with E-state index in [1.54, 1.807) is 24.3 Å². The number of fused-ring (bicyclic) bond motifs is 2. The molecule has 0 spiro atoms. The van der Waals surface area contributed by atoms with E-state index >= 15 is 0 Å². The van der Waals surface area contributed by atoms with Crippen molar-refractivity contribution in [3.05, 3.63) is 237 Å². The molecule has 0 bridgehead atoms. The van der Waals surface area contributed by atoms with Crippen molar-refractivity contribution in [3.8, 4) is 44.9 Å². The Hall–Kier alpha value is -6.87. The van der Waals surface area contributed by atoms with Crippen LogP contribution in [0.4, 0.5) is 52.7 Å². The number of rotatable bonds is 14. The van der Waals surface area contributed by atoms with Crippen LogP contribution in [0, 0.1) is 24.4 Å². The van der Waals surface area contributed by atoms with Gasteiger partial charge in [0.05, 0.1) is 36.5 Å². The van der Waals surface area contributed by atoms with E-state index < -0.39 is 130 Å². The Balaban J connectivity index is 0.000000288. The monoisotopic (exact) mass is 1960 g/mol. The van der Waals surface area contributed by atoms with Gasteiger partial charge in [-0.05, 0) is 160 Å². The van der Waals surface area contributed by atoms with E-state index in [-0.39, 0.29) is 79.5 Å². The predicted molar refractivity (Wildman–Crippen MR) is 415 cm³/mol. The number of ether oxygens (including phenoxy) is 2. The fraction of sp³-hybridized carbons (Fsp3) is 0.217. The zero-order valence-corrected chi connectivity index (χ0v) is 68.5. The van der Waals surface area contributed by atoms with E-state index in [1.165, 1.54) is 78.9 Å². The third-order valence-electron chi connectivity index (χ3n) is 14.3. The molecule has 0 saturated heterocycles. The molecule has 2 aliphatic rings. The van der Waals surface area contributed by atoms with Gasteiger partial charge in [-0.1, -0.05) is 139 Å². The van der Waals surface area contributed by atoms with Crippen molar-refractivity contribution >= 4 is 127 Å². The van der Waals surface area contributed by atoms with Gasteiger partial charge in [0.25, 0.3) is 9.05 Å². The molecule has 2 aliphatic heterocycles. The van der Waals surface area contributed by atoms with Crippen molar-refractivity contribution in [1.29, 1.82) is 0 Å². The van der Waals surface area contributed by atoms with Crippen LogP contribution in [-0.4, -0.2) is 145 Å². The van der Waals surface area contributed by atoms with Gasteiger partial charge < -0.3 is 40.6 Å². The zero-order valence-electron chi connectivity index (χ0n) is 58.3. The highest BCUT2D eigenvalue weighted by Crippen LogP contribution is 2.38. The van der Waals surface area contributed by atoms with Crippen molar-refractivity contribution in [2.75, 3.05) is 70.7 Å². The third kappa shape index (κ3) is 31.3. The summed E-state index contributed by atoms with van der Waals surface area (Å²) in [6, 6.07) is 39.6. The standard InChI is InChI=1S/C15H13F4NO3S.2C15H12F3NO3S.C8H9BrFNO3S.C7H9BO2.C6H3BrClFO2S.C2H7NO.CH3I/c16-13-6-3-11(9-14(13)24(22,23)20-7-8-21)10-1-4-12(5-2-10)15(17,18)19;2*16-15(17,18)12-4-1-10(2-5-12)11-3-6-13-14(9-11)23(20,21)19-7-8-22-13;9-6-1-2-7(10)8(5-6)15(13,14)11-3-4-12;1-6-2-4-7(5-3-6)8(9)10;7-4-1-2-5(9)6(3-4)12(8,10)11;3-1-2-4;1-2/h1-6,9,20-21H,7-8H2;2*1-6,9,19H,7-8H2;1-2,5,11-12H,3-4H2;2-5,9-10H,1H3;1-3H;4H,1-3H2;1H3. The lowest BCUT2D eigenvalue weighted by atomic mass is 9.80. The second kappa shape index (κ2) is 44.5. The molecule has 0 radical (unpaired) electrons. The highest BCUT2D eigenvalue weighted by Gasteiger charge is 2.33. The first-order valence-electron chi connectivity index (χ1n) is 31.7. The average molecular weight is 1960 g/mol. The van der Waals surface area contributed by atoms with Crippen LogP contribution in [0.15, 0.2) is 221 Å². The van der Waals surface area contributed by atoms with Crippen molar-refractivity contribution < 1.29 is 130 Å². The second-order valence-electron chi connectivity index (χ2n) is 22.3. The van der Waals surface area contributed by atoms with Gasteiger partial charge in [0.15, 0.2) is 0 Å². The number of halogens is 16. The van der Waals surface area contributed by atoms with Crippen molar-refractivity contribution in [1.82, 2.24) is 18.9 Å². The lowest BCUT2D eigenvalue weighted by Crippen LogP contribution is -2.29. The molecular weight excluding hydrogens is 1890 g/mol. The van der Waals surface area contributed by atoms with Crippen molar-refractivity contribution in [3.63, 3.8) is 0 Å². The molecule has 616 valence electrons. The maximum atomic E-state index is 13.8. The molecule has 9 aromatic rings. The number of nitrogens with one attached hydrogen (secondary N) is 4. The highest BCUT2D eigenvalue weighted by atomic mass is 127. The van der Waals surface area contributed by atoms with Crippen molar-refractivity contribution in [2.45, 2.75) is 49.9 Å². The van der Waals surface area contributed by atoms with Gasteiger partial charge in [0, 0.05) is 52.4 Å². The maximum absolute atomic E-state index is 13.8. The lowest BCUT2D eigenvalue weighted by Gasteiger charge is -2.10. The Labute approximate surface area is 677 Å². The molecular formula is C69H68BBr2ClF12IN5O17S5. The fourth-order valence-electron chi connectivity index (χ4n) is 8.91. The summed E-state index contributed by atoms with van der Waals surface area (Å²) in [4.78, 5) is 0.328. The topological polar surface area (TPSA) is 364 Å². The number of benzene rings is 9. The summed E-state index contributed by atoms with van der Waals surface area (Å²) < 4.78 is 290. The SMILES string of the molecule is CI.Cc1ccc(B(O)O)cc1.NCCO.O=S(=O)(Cl)c1cc(Br)ccc1F.O=S(=O)(NCCO)c1cc(-c2ccc(C(F)(F)F)cc2)ccc1F.O=S(=O)(NCCO)c1cc(Br)ccc1F.O=S1(=O)NCCOc2ccc(-c3ccc(C(F)(F)F)cc3)cc21.O=S1(=O)NCCOc2ccc(-c3ccc(C(F)(F)F)cc3)cc21. The number of aliphatic hydroxyl groups excluding tert-OH is 3. The largest absolute Gasteiger partial charge is 0.491 e. The Morgan fingerprint density at radius 3 is 1.09 bits per heavy atom. The molecule has 11 N–H and O–H groups in total. The number of sulfonamides is 4. The van der Waals surface area contributed by atoms with Gasteiger partial charge in [-0.25, -0.2) is 74.1 Å². The minimum atomic E-state index is -4.48. The summed E-state index contributed by atoms with van der Waals surface area (Å²) >= 11 is 8.20. The molecule has 0 unspecified atom stereocenters. The minimum Gasteiger partial charge on any atom is -0.491 e. The van der Waals surface area contributed by atoms with E-state index in [0.717, 1.165) is 78.4 Å². The smallest absolute Gasteiger partial charge is 0.488 e. The second-order valence-corrected chi connectivity index (χ2v) is 33.6. The molecule has 2 heterocycles. The van der Waals surface area contributed by atoms with Gasteiger partial charge in [-0.3, -0.25) is 0 Å². The number of hydrogen-bond donors (Lipinski definition) is 10. The molecule has 0 atom stereocenters. The van der Waals surface area contributed by atoms with Crippen LogP contribution in [0.25, 0.3) is 33.4 Å². The molecule has 11 rings (SSSR count). The third-order valence-corrected chi connectivity index (χ3v) is 22.5. The van der Waals surface area contributed by atoms with Gasteiger partial charge in [0.2, 0.25) is 40.1 Å². The number of nitrogens with two attached hydrogens (primary N) is 1. The Kier molecular flexibility index (Phi) is 38.8. The van der Waals surface area contributed by atoms with Gasteiger partial charge in [-0.2, -0.15) is 39.5 Å². The summed E-state index contributed by atoms with van der Waals surface area (Å²) in [6.07, 6.45) is -13.3. The average Bonchev–Trinajstić information content (AvgIpc) is 1.78. The molecule has 9 aromatic carbocycles. The Bertz CT molecular complexity index is 5060. The number of hydrogen-bond acceptors (Lipinski definition) is 18. The molecule has 0 aromatic heterocycles. The van der Waals surface area contributed by atoms with E-state index in [1.807, 2.05) is 28.7 Å². The summed E-state index contributed by atoms with van der Waals surface area (Å²) in [7, 11) is -15.8. The summed E-state index contributed by atoms with van der Waals surface area (Å²) in [5, 5.41) is 42.2. The van der Waals surface area contributed by atoms with E-state index in [9.17, 15) is 94.8 Å². The molecule has 44 heteroatoms. The number of alkyl halides is 10. The van der Waals surface area contributed by atoms with Gasteiger partial charge >= 0.3 is 25.6 Å². The molecule has 0 amide bonds. The van der Waals surface area contributed by atoms with Crippen LogP contribution >= 0.6 is 65.1 Å². The van der Waals surface area contributed by atoms with E-state index in [2.05, 4.69) is 68.6 Å². The zero-order chi connectivity index (χ0) is 85.1. The van der Waals surface area contributed by atoms with Gasteiger partial charge in [0.1, 0.15) is 66.6 Å². The van der Waals surface area contributed by atoms with Crippen molar-refractivity contribution in [2.24, 2.45) is 5.73 Å². The molecule has 22 nitrogen and oxygen atoms in total. The van der Waals surface area contributed by atoms with Crippen LogP contribution in [0.5, 0.6) is 11.5 Å². The highest BCUT2D eigenvalue weighted by molar-refractivity contribution is 14.1. The summed E-state index contributed by atoms with van der Waals surface area (Å²) in [5.41, 5.74) is 6.58. The Morgan fingerprint density at radius 1 is 0.478 bits per heavy atom. The van der Waals surface area contributed by atoms with E-state index in [4.69, 9.17) is 51.3 Å². The lowest BCUT2D eigenvalue weighted by molar-refractivity contribution is -0.138. The summed E-state index contributed by atoms with van der Waals surface area (Å²) in [5.74, 6) is -2.23. The number of aliphatic hydroxyl groups is 3. The van der Waals surface area contributed by atoms with Crippen LogP contribution in [-0.2, 0) is 67.7 Å². The summed E-state index contributed by atoms with van der Waals surface area (Å²) in [6.45, 7) is 1.94. The van der Waals surface area contributed by atoms with E-state index in [0.29, 0.717) is 48.8 Å². The Morgan fingerprint density at radius 2 is 0.779 bits per heavy atom. The quantitative estimate of drug-likeness (QED) is 0.0159. The first-order valence-corrected chi connectivity index (χ1v) is 43.7. The molecule has 113 heavy (non-hydrogen) atoms. The van der Waals surface area contributed by atoms with Gasteiger partial charge in [-0.15, -0.1) is 0 Å². The molecule has 0 saturated carbocycles. The molecule has 0 aliphatic carbocycles. The number of aryl methyl sites for hydroxylation is 1. The first kappa shape index (κ1) is 98.5. The maximum Gasteiger partial charge on any atom is 0.488 e. The molecule has 0 fully saturated rings. The predicted octanol–water partition coefficient (Wildman–Crippen LogP) is 11.9. The van der Waals surface area contributed by atoms with Crippen LogP contribution in [0.2, 0.25) is 0 Å². The fourth-order valence-corrected chi connectivity index (χ4v) is 15.5. The minimum absolute atomic E-state index is 0.0209. The first-order chi connectivity index (χ1) is 52.7.